The molecule has 1 amide bonds. The van der Waals surface area contributed by atoms with Crippen LogP contribution in [0, 0.1) is 5.92 Å². The van der Waals surface area contributed by atoms with E-state index in [4.69, 9.17) is 11.5 Å². The predicted octanol–water partition coefficient (Wildman–Crippen LogP) is 1.72. The van der Waals surface area contributed by atoms with Gasteiger partial charge in [-0.05, 0) is 30.5 Å². The van der Waals surface area contributed by atoms with Gasteiger partial charge < -0.3 is 16.4 Å². The van der Waals surface area contributed by atoms with E-state index < -0.39 is 0 Å². The first-order valence-corrected chi connectivity index (χ1v) is 6.05. The quantitative estimate of drug-likeness (QED) is 0.764. The normalized spacial score (nSPS) is 19.6. The molecule has 4 heteroatoms. The summed E-state index contributed by atoms with van der Waals surface area (Å²) >= 11 is 0. The van der Waals surface area contributed by atoms with Crippen molar-refractivity contribution in [3.8, 4) is 0 Å². The number of hydrogen-bond acceptors (Lipinski definition) is 3. The van der Waals surface area contributed by atoms with Gasteiger partial charge in [-0.25, -0.2) is 0 Å². The summed E-state index contributed by atoms with van der Waals surface area (Å²) in [5, 5.41) is 0. The third kappa shape index (κ3) is 2.52. The van der Waals surface area contributed by atoms with Crippen LogP contribution in [0.3, 0.4) is 0 Å². The Morgan fingerprint density at radius 2 is 2.00 bits per heavy atom. The topological polar surface area (TPSA) is 72.3 Å². The molecule has 92 valence electrons. The van der Waals surface area contributed by atoms with Crippen molar-refractivity contribution in [2.24, 2.45) is 5.92 Å². The zero-order chi connectivity index (χ0) is 12.4. The molecule has 4 N–H and O–H groups in total. The summed E-state index contributed by atoms with van der Waals surface area (Å²) in [6, 6.07) is 5.05. The van der Waals surface area contributed by atoms with Gasteiger partial charge in [-0.1, -0.05) is 13.3 Å². The number of benzene rings is 1. The van der Waals surface area contributed by atoms with Gasteiger partial charge in [0, 0.05) is 30.0 Å². The monoisotopic (exact) mass is 233 g/mol. The summed E-state index contributed by atoms with van der Waals surface area (Å²) in [6.07, 6.45) is 2.23. The molecule has 1 saturated heterocycles. The smallest absolute Gasteiger partial charge is 0.254 e. The van der Waals surface area contributed by atoms with E-state index in [-0.39, 0.29) is 5.91 Å². The minimum absolute atomic E-state index is 0.0416. The highest BCUT2D eigenvalue weighted by Gasteiger charge is 2.25. The maximum absolute atomic E-state index is 12.2. The maximum Gasteiger partial charge on any atom is 0.254 e. The van der Waals surface area contributed by atoms with E-state index in [9.17, 15) is 4.79 Å². The lowest BCUT2D eigenvalue weighted by Crippen LogP contribution is -2.28. The molecule has 0 aliphatic carbocycles. The van der Waals surface area contributed by atoms with Gasteiger partial charge in [0.1, 0.15) is 0 Å². The minimum atomic E-state index is 0.0416. The highest BCUT2D eigenvalue weighted by molar-refractivity contribution is 5.96. The summed E-state index contributed by atoms with van der Waals surface area (Å²) in [6.45, 7) is 3.85. The number of carbonyl (C=O) groups is 1. The molecule has 1 unspecified atom stereocenters. The van der Waals surface area contributed by atoms with E-state index in [0.717, 1.165) is 25.9 Å². The molecule has 17 heavy (non-hydrogen) atoms. The largest absolute Gasteiger partial charge is 0.399 e. The molecule has 0 radical (unpaired) electrons. The second-order valence-electron chi connectivity index (χ2n) is 4.70. The van der Waals surface area contributed by atoms with Crippen molar-refractivity contribution < 1.29 is 4.79 Å². The molecule has 2 rings (SSSR count). The van der Waals surface area contributed by atoms with Crippen LogP contribution >= 0.6 is 0 Å². The Balaban J connectivity index is 2.14. The lowest BCUT2D eigenvalue weighted by atomic mass is 10.1. The van der Waals surface area contributed by atoms with Crippen molar-refractivity contribution in [3.63, 3.8) is 0 Å². The third-order valence-corrected chi connectivity index (χ3v) is 3.38. The maximum atomic E-state index is 12.2. The van der Waals surface area contributed by atoms with E-state index in [1.807, 2.05) is 4.90 Å². The van der Waals surface area contributed by atoms with Gasteiger partial charge in [0.2, 0.25) is 0 Å². The molecule has 1 fully saturated rings. The molecule has 4 nitrogen and oxygen atoms in total. The van der Waals surface area contributed by atoms with Crippen LogP contribution in [-0.4, -0.2) is 23.9 Å². The second-order valence-corrected chi connectivity index (χ2v) is 4.70. The summed E-state index contributed by atoms with van der Waals surface area (Å²) in [7, 11) is 0. The first-order valence-electron chi connectivity index (χ1n) is 6.05. The van der Waals surface area contributed by atoms with E-state index in [1.165, 1.54) is 0 Å². The van der Waals surface area contributed by atoms with Crippen molar-refractivity contribution in [1.29, 1.82) is 0 Å². The number of nitrogens with two attached hydrogens (primary N) is 2. The van der Waals surface area contributed by atoms with Crippen LogP contribution in [0.2, 0.25) is 0 Å². The van der Waals surface area contributed by atoms with Gasteiger partial charge >= 0.3 is 0 Å². The number of hydrogen-bond donors (Lipinski definition) is 2. The fourth-order valence-electron chi connectivity index (χ4n) is 2.33. The second kappa shape index (κ2) is 4.65. The first-order chi connectivity index (χ1) is 8.10. The Kier molecular flexibility index (Phi) is 3.22. The first kappa shape index (κ1) is 11.8. The molecule has 1 aromatic carbocycles. The molecular weight excluding hydrogens is 214 g/mol. The Labute approximate surface area is 102 Å². The Bertz CT molecular complexity index is 410. The molecule has 0 aromatic heterocycles. The summed E-state index contributed by atoms with van der Waals surface area (Å²) in [5.74, 6) is 0.678. The summed E-state index contributed by atoms with van der Waals surface area (Å²) in [4.78, 5) is 14.1. The van der Waals surface area contributed by atoms with Crippen molar-refractivity contribution in [1.82, 2.24) is 4.90 Å². The number of nitrogens with zero attached hydrogens (tertiary/aromatic N) is 1. The van der Waals surface area contributed by atoms with Gasteiger partial charge in [-0.2, -0.15) is 0 Å². The van der Waals surface area contributed by atoms with E-state index >= 15 is 0 Å². The van der Waals surface area contributed by atoms with E-state index in [1.54, 1.807) is 18.2 Å². The van der Waals surface area contributed by atoms with Crippen LogP contribution in [0.15, 0.2) is 18.2 Å². The Morgan fingerprint density at radius 3 is 2.53 bits per heavy atom. The van der Waals surface area contributed by atoms with Gasteiger partial charge in [0.05, 0.1) is 0 Å². The fourth-order valence-corrected chi connectivity index (χ4v) is 2.33. The standard InChI is InChI=1S/C13H19N3O/c1-2-9-3-4-16(8-9)13(17)10-5-11(14)7-12(15)6-10/h5-7,9H,2-4,8,14-15H2,1H3. The van der Waals surface area contributed by atoms with Crippen molar-refractivity contribution in [2.75, 3.05) is 24.6 Å². The van der Waals surface area contributed by atoms with Crippen molar-refractivity contribution >= 4 is 17.3 Å². The van der Waals surface area contributed by atoms with Crippen LogP contribution in [0.25, 0.3) is 0 Å². The number of nitrogen functional groups attached to an aromatic ring is 2. The van der Waals surface area contributed by atoms with Gasteiger partial charge in [0.25, 0.3) is 5.91 Å². The molecule has 1 aromatic rings. The Hall–Kier alpha value is -1.71. The zero-order valence-corrected chi connectivity index (χ0v) is 10.1. The SMILES string of the molecule is CCC1CCN(C(=O)c2cc(N)cc(N)c2)C1. The predicted molar refractivity (Wildman–Crippen MR) is 69.6 cm³/mol. The van der Waals surface area contributed by atoms with Crippen LogP contribution in [0.5, 0.6) is 0 Å². The van der Waals surface area contributed by atoms with Crippen LogP contribution < -0.4 is 11.5 Å². The van der Waals surface area contributed by atoms with E-state index in [0.29, 0.717) is 22.9 Å². The van der Waals surface area contributed by atoms with Crippen LogP contribution in [0.1, 0.15) is 30.1 Å². The van der Waals surface area contributed by atoms with Gasteiger partial charge in [0.15, 0.2) is 0 Å². The lowest BCUT2D eigenvalue weighted by molar-refractivity contribution is 0.0787. The van der Waals surface area contributed by atoms with Crippen LogP contribution in [-0.2, 0) is 0 Å². The van der Waals surface area contributed by atoms with Gasteiger partial charge in [-0.3, -0.25) is 4.79 Å². The number of rotatable bonds is 2. The highest BCUT2D eigenvalue weighted by Crippen LogP contribution is 2.22. The summed E-state index contributed by atoms with van der Waals surface area (Å²) < 4.78 is 0. The number of amides is 1. The van der Waals surface area contributed by atoms with E-state index in [2.05, 4.69) is 6.92 Å². The molecule has 1 heterocycles. The molecule has 0 saturated carbocycles. The third-order valence-electron chi connectivity index (χ3n) is 3.38. The number of anilines is 2. The van der Waals surface area contributed by atoms with Crippen molar-refractivity contribution in [3.05, 3.63) is 23.8 Å². The van der Waals surface area contributed by atoms with Gasteiger partial charge in [-0.15, -0.1) is 0 Å². The lowest BCUT2D eigenvalue weighted by Gasteiger charge is -2.16. The molecule has 1 aliphatic rings. The number of carbonyl (C=O) groups excluding carboxylic acids is 1. The average molecular weight is 233 g/mol. The molecule has 1 aliphatic heterocycles. The molecule has 1 atom stereocenters. The Morgan fingerprint density at radius 1 is 1.35 bits per heavy atom. The average Bonchev–Trinajstić information content (AvgIpc) is 2.75. The number of likely N-dealkylation sites (tertiary alicyclic amines) is 1. The molecular formula is C13H19N3O. The molecule has 0 bridgehead atoms. The van der Waals surface area contributed by atoms with Crippen LogP contribution in [0.4, 0.5) is 11.4 Å². The molecule has 0 spiro atoms. The summed E-state index contributed by atoms with van der Waals surface area (Å²) in [5.41, 5.74) is 13.1. The fraction of sp³-hybridized carbons (Fsp3) is 0.462. The minimum Gasteiger partial charge on any atom is -0.399 e. The zero-order valence-electron chi connectivity index (χ0n) is 10.1. The highest BCUT2D eigenvalue weighted by atomic mass is 16.2. The van der Waals surface area contributed by atoms with Crippen molar-refractivity contribution in [2.45, 2.75) is 19.8 Å².